The molecule has 2 rings (SSSR count). The van der Waals surface area contributed by atoms with Crippen molar-refractivity contribution >= 4 is 33.2 Å². The van der Waals surface area contributed by atoms with Crippen LogP contribution in [0.3, 0.4) is 0 Å². The Kier molecular flexibility index (Phi) is 3.90. The van der Waals surface area contributed by atoms with Crippen molar-refractivity contribution in [1.29, 1.82) is 0 Å². The Morgan fingerprint density at radius 1 is 1.65 bits per heavy atom. The highest BCUT2D eigenvalue weighted by Gasteiger charge is 2.33. The molecule has 0 radical (unpaired) electrons. The predicted molar refractivity (Wildman–Crippen MR) is 72.6 cm³/mol. The van der Waals surface area contributed by atoms with Crippen molar-refractivity contribution in [2.24, 2.45) is 0 Å². The molecule has 0 aliphatic carbocycles. The third-order valence-corrected chi connectivity index (χ3v) is 4.76. The zero-order chi connectivity index (χ0) is 12.5. The van der Waals surface area contributed by atoms with Gasteiger partial charge in [0.1, 0.15) is 0 Å². The number of amides is 1. The minimum atomic E-state index is -0.193. The van der Waals surface area contributed by atoms with Gasteiger partial charge in [0.25, 0.3) is 5.91 Å². The molecule has 17 heavy (non-hydrogen) atoms. The zero-order valence-corrected chi connectivity index (χ0v) is 12.4. The van der Waals surface area contributed by atoms with Gasteiger partial charge in [0, 0.05) is 25.6 Å². The molecule has 1 aromatic heterocycles. The van der Waals surface area contributed by atoms with E-state index in [4.69, 9.17) is 4.74 Å². The number of methoxy groups -OCH3 is 1. The van der Waals surface area contributed by atoms with Crippen LogP contribution in [0.1, 0.15) is 30.1 Å². The Balaban J connectivity index is 2.10. The van der Waals surface area contributed by atoms with Crippen LogP contribution >= 0.6 is 27.3 Å². The number of likely N-dealkylation sites (tertiary alicyclic amines) is 1. The van der Waals surface area contributed by atoms with Gasteiger partial charge in [-0.15, -0.1) is 11.3 Å². The van der Waals surface area contributed by atoms with Gasteiger partial charge in [-0.2, -0.15) is 0 Å². The van der Waals surface area contributed by atoms with Crippen molar-refractivity contribution in [3.63, 3.8) is 0 Å². The first-order valence-corrected chi connectivity index (χ1v) is 7.30. The molecule has 2 heterocycles. The van der Waals surface area contributed by atoms with Crippen LogP contribution in [0.4, 0.5) is 0 Å². The number of thiophene rings is 1. The summed E-state index contributed by atoms with van der Waals surface area (Å²) in [4.78, 5) is 14.2. The number of carbonyl (C=O) groups is 1. The Labute approximate surface area is 114 Å². The van der Waals surface area contributed by atoms with Crippen molar-refractivity contribution in [3.05, 3.63) is 20.8 Å². The summed E-state index contributed by atoms with van der Waals surface area (Å²) in [6.07, 6.45) is 2.02. The molecular formula is C12H16BrNO2S. The van der Waals surface area contributed by atoms with Crippen LogP contribution in [0.25, 0.3) is 0 Å². The van der Waals surface area contributed by atoms with Gasteiger partial charge in [-0.05, 0) is 41.8 Å². The lowest BCUT2D eigenvalue weighted by Crippen LogP contribution is -2.49. The summed E-state index contributed by atoms with van der Waals surface area (Å²) in [6, 6.07) is 1.88. The topological polar surface area (TPSA) is 29.5 Å². The summed E-state index contributed by atoms with van der Waals surface area (Å²) in [5.41, 5.74) is 0.573. The summed E-state index contributed by atoms with van der Waals surface area (Å²) in [7, 11) is 1.72. The monoisotopic (exact) mass is 317 g/mol. The van der Waals surface area contributed by atoms with Crippen LogP contribution in [0, 0.1) is 0 Å². The first kappa shape index (κ1) is 13.1. The maximum Gasteiger partial charge on any atom is 0.254 e. The fraction of sp³-hybridized carbons (Fsp3) is 0.583. The van der Waals surface area contributed by atoms with Crippen molar-refractivity contribution in [2.45, 2.75) is 25.4 Å². The smallest absolute Gasteiger partial charge is 0.254 e. The second-order valence-corrected chi connectivity index (χ2v) is 6.91. The summed E-state index contributed by atoms with van der Waals surface area (Å²) in [6.45, 7) is 3.57. The van der Waals surface area contributed by atoms with Crippen molar-refractivity contribution in [1.82, 2.24) is 4.90 Å². The Morgan fingerprint density at radius 3 is 3.00 bits per heavy atom. The van der Waals surface area contributed by atoms with Gasteiger partial charge in [-0.25, -0.2) is 0 Å². The van der Waals surface area contributed by atoms with Crippen LogP contribution in [0.5, 0.6) is 0 Å². The van der Waals surface area contributed by atoms with Crippen LogP contribution < -0.4 is 0 Å². The van der Waals surface area contributed by atoms with Gasteiger partial charge >= 0.3 is 0 Å². The highest BCUT2D eigenvalue weighted by Crippen LogP contribution is 2.27. The normalized spacial score (nSPS) is 25.0. The molecule has 94 valence electrons. The number of nitrogens with zero attached hydrogens (tertiary/aromatic N) is 1. The second kappa shape index (κ2) is 5.08. The molecule has 0 aromatic carbocycles. The Morgan fingerprint density at radius 2 is 2.41 bits per heavy atom. The summed E-state index contributed by atoms with van der Waals surface area (Å²) >= 11 is 4.92. The van der Waals surface area contributed by atoms with E-state index >= 15 is 0 Å². The van der Waals surface area contributed by atoms with Gasteiger partial charge in [0.05, 0.1) is 15.0 Å². The van der Waals surface area contributed by atoms with Crippen molar-refractivity contribution in [2.75, 3.05) is 20.2 Å². The summed E-state index contributed by atoms with van der Waals surface area (Å²) in [5.74, 6) is 0.106. The fourth-order valence-corrected chi connectivity index (χ4v) is 3.28. The highest BCUT2D eigenvalue weighted by molar-refractivity contribution is 9.11. The number of piperidine rings is 1. The molecule has 1 unspecified atom stereocenters. The standard InChI is InChI=1S/C12H16BrNO2S/c1-12(16-2)4-3-5-14(8-12)11(15)9-6-10(13)17-7-9/h6-7H,3-5,8H2,1-2H3. The molecule has 1 atom stereocenters. The number of hydrogen-bond donors (Lipinski definition) is 0. The molecule has 1 amide bonds. The van der Waals surface area contributed by atoms with E-state index in [2.05, 4.69) is 22.9 Å². The van der Waals surface area contributed by atoms with E-state index in [1.807, 2.05) is 16.3 Å². The molecule has 1 saturated heterocycles. The summed E-state index contributed by atoms with van der Waals surface area (Å²) < 4.78 is 6.49. The van der Waals surface area contributed by atoms with E-state index in [1.165, 1.54) is 0 Å². The number of halogens is 1. The van der Waals surface area contributed by atoms with Crippen molar-refractivity contribution < 1.29 is 9.53 Å². The lowest BCUT2D eigenvalue weighted by atomic mass is 9.94. The molecule has 1 aromatic rings. The van der Waals surface area contributed by atoms with E-state index in [1.54, 1.807) is 18.4 Å². The highest BCUT2D eigenvalue weighted by atomic mass is 79.9. The number of ether oxygens (including phenoxy) is 1. The van der Waals surface area contributed by atoms with Crippen LogP contribution in [0.15, 0.2) is 15.2 Å². The number of carbonyl (C=O) groups excluding carboxylic acids is 1. The minimum Gasteiger partial charge on any atom is -0.377 e. The third-order valence-electron chi connectivity index (χ3n) is 3.25. The van der Waals surface area contributed by atoms with Crippen molar-refractivity contribution in [3.8, 4) is 0 Å². The van der Waals surface area contributed by atoms with Gasteiger partial charge in [0.2, 0.25) is 0 Å². The lowest BCUT2D eigenvalue weighted by Gasteiger charge is -2.39. The van der Waals surface area contributed by atoms with E-state index in [-0.39, 0.29) is 11.5 Å². The van der Waals surface area contributed by atoms with Gasteiger partial charge < -0.3 is 9.64 Å². The molecule has 0 spiro atoms. The predicted octanol–water partition coefficient (Wildman–Crippen LogP) is 3.15. The maximum absolute atomic E-state index is 12.3. The average Bonchev–Trinajstić information content (AvgIpc) is 2.75. The number of rotatable bonds is 2. The van der Waals surface area contributed by atoms with Gasteiger partial charge in [-0.3, -0.25) is 4.79 Å². The van der Waals surface area contributed by atoms with E-state index in [0.717, 1.165) is 28.7 Å². The molecule has 1 fully saturated rings. The van der Waals surface area contributed by atoms with Gasteiger partial charge in [-0.1, -0.05) is 0 Å². The molecule has 1 aliphatic heterocycles. The van der Waals surface area contributed by atoms with E-state index in [9.17, 15) is 4.79 Å². The van der Waals surface area contributed by atoms with E-state index < -0.39 is 0 Å². The Bertz CT molecular complexity index is 420. The molecule has 1 aliphatic rings. The number of hydrogen-bond acceptors (Lipinski definition) is 3. The third kappa shape index (κ3) is 2.89. The largest absolute Gasteiger partial charge is 0.377 e. The molecular weight excluding hydrogens is 302 g/mol. The molecule has 3 nitrogen and oxygen atoms in total. The first-order valence-electron chi connectivity index (χ1n) is 5.62. The molecule has 0 saturated carbocycles. The van der Waals surface area contributed by atoms with Crippen LogP contribution in [-0.4, -0.2) is 36.6 Å². The SMILES string of the molecule is COC1(C)CCCN(C(=O)c2csc(Br)c2)C1. The maximum atomic E-state index is 12.3. The fourth-order valence-electron chi connectivity index (χ4n) is 2.15. The Hall–Kier alpha value is -0.390. The lowest BCUT2D eigenvalue weighted by molar-refractivity contribution is -0.0440. The first-order chi connectivity index (χ1) is 8.04. The second-order valence-electron chi connectivity index (χ2n) is 4.62. The molecule has 0 bridgehead atoms. The zero-order valence-electron chi connectivity index (χ0n) is 10.0. The summed E-state index contributed by atoms with van der Waals surface area (Å²) in [5, 5.41) is 1.89. The quantitative estimate of drug-likeness (QED) is 0.838. The average molecular weight is 318 g/mol. The molecule has 0 N–H and O–H groups in total. The van der Waals surface area contributed by atoms with Crippen LogP contribution in [-0.2, 0) is 4.74 Å². The minimum absolute atomic E-state index is 0.106. The van der Waals surface area contributed by atoms with Gasteiger partial charge in [0.15, 0.2) is 0 Å². The van der Waals surface area contributed by atoms with E-state index in [0.29, 0.717) is 6.54 Å². The van der Waals surface area contributed by atoms with Crippen LogP contribution in [0.2, 0.25) is 0 Å². The molecule has 5 heteroatoms.